The number of carbonyl (C=O) groups is 4. The van der Waals surface area contributed by atoms with Gasteiger partial charge in [0.05, 0.1) is 19.3 Å². The molecular formula is C22H33N5O10S2. The van der Waals surface area contributed by atoms with E-state index in [0.29, 0.717) is 10.7 Å². The van der Waals surface area contributed by atoms with Gasteiger partial charge >= 0.3 is 22.2 Å². The maximum Gasteiger partial charge on any atom is 0.365 e. The fraction of sp³-hybridized carbons (Fsp3) is 0.636. The lowest BCUT2D eigenvalue weighted by atomic mass is 9.91. The maximum atomic E-state index is 13.0. The van der Waals surface area contributed by atoms with Gasteiger partial charge in [0, 0.05) is 11.8 Å². The summed E-state index contributed by atoms with van der Waals surface area (Å²) in [6.45, 7) is 8.69. The Morgan fingerprint density at radius 3 is 2.44 bits per heavy atom. The zero-order chi connectivity index (χ0) is 29.8. The van der Waals surface area contributed by atoms with Gasteiger partial charge in [-0.15, -0.1) is 11.3 Å². The number of nitrogens with one attached hydrogen (secondary N) is 1. The van der Waals surface area contributed by atoms with Crippen LogP contribution in [0, 0.1) is 5.41 Å². The van der Waals surface area contributed by atoms with E-state index in [1.807, 2.05) is 0 Å². The molecule has 17 heteroatoms. The number of nitrogens with two attached hydrogens (primary N) is 1. The standard InChI is InChI=1S/C22H33N5O10S2/c1-7-14(28)35-9-8-21(3,4)11-36-39(33,34)27-12(2)15(18(27)30)25-17(29)16(13-10-38-20(23)24-13)26-37-22(5,6)19(31)32/h10,12,15H,7-9,11H2,1-6H3,(H2,23,24)(H,25,29)(H,31,32)/t12-,15-/m0/s1. The number of thiazole rings is 1. The highest BCUT2D eigenvalue weighted by molar-refractivity contribution is 7.85. The first kappa shape index (κ1) is 31.9. The van der Waals surface area contributed by atoms with Crippen molar-refractivity contribution in [1.29, 1.82) is 0 Å². The van der Waals surface area contributed by atoms with Gasteiger partial charge < -0.3 is 25.7 Å². The minimum atomic E-state index is -4.50. The summed E-state index contributed by atoms with van der Waals surface area (Å²) in [6.07, 6.45) is 0.539. The van der Waals surface area contributed by atoms with Crippen LogP contribution < -0.4 is 11.1 Å². The summed E-state index contributed by atoms with van der Waals surface area (Å²) in [7, 11) is -4.50. The topological polar surface area (TPSA) is 217 Å². The molecule has 0 aromatic carbocycles. The van der Waals surface area contributed by atoms with E-state index in [0.717, 1.165) is 11.3 Å². The molecule has 39 heavy (non-hydrogen) atoms. The Balaban J connectivity index is 2.08. The van der Waals surface area contributed by atoms with E-state index in [1.165, 1.54) is 26.2 Å². The molecule has 4 N–H and O–H groups in total. The number of esters is 1. The van der Waals surface area contributed by atoms with E-state index in [9.17, 15) is 32.7 Å². The number of hydrogen-bond donors (Lipinski definition) is 3. The highest BCUT2D eigenvalue weighted by Gasteiger charge is 2.53. The molecule has 2 rings (SSSR count). The number of β-lactam (4-membered cyclic amide) rings is 1. The SMILES string of the molecule is CCC(=O)OCCC(C)(C)COS(=O)(=O)N1C(=O)[C@@H](NC(=O)C(=NOC(C)(C)C(=O)O)c2csc(N)n2)[C@@H]1C. The molecule has 1 aromatic heterocycles. The Morgan fingerprint density at radius 2 is 1.92 bits per heavy atom. The van der Waals surface area contributed by atoms with Crippen LogP contribution in [0.5, 0.6) is 0 Å². The minimum Gasteiger partial charge on any atom is -0.478 e. The molecule has 1 aliphatic rings. The molecule has 15 nitrogen and oxygen atoms in total. The first-order valence-corrected chi connectivity index (χ1v) is 14.1. The van der Waals surface area contributed by atoms with Crippen LogP contribution in [-0.2, 0) is 43.2 Å². The van der Waals surface area contributed by atoms with Crippen LogP contribution in [-0.4, -0.2) is 83.2 Å². The molecule has 0 spiro atoms. The number of aromatic nitrogens is 1. The van der Waals surface area contributed by atoms with Crippen LogP contribution in [0.25, 0.3) is 0 Å². The van der Waals surface area contributed by atoms with Gasteiger partial charge in [0.2, 0.25) is 5.60 Å². The third kappa shape index (κ3) is 8.09. The molecule has 0 bridgehead atoms. The molecule has 0 radical (unpaired) electrons. The number of rotatable bonds is 14. The van der Waals surface area contributed by atoms with E-state index < -0.39 is 56.9 Å². The van der Waals surface area contributed by atoms with Crippen molar-refractivity contribution in [3.63, 3.8) is 0 Å². The molecule has 2 amide bonds. The van der Waals surface area contributed by atoms with Crippen molar-refractivity contribution in [3.05, 3.63) is 11.1 Å². The van der Waals surface area contributed by atoms with Gasteiger partial charge in [-0.3, -0.25) is 18.6 Å². The van der Waals surface area contributed by atoms with Gasteiger partial charge in [-0.1, -0.05) is 25.9 Å². The van der Waals surface area contributed by atoms with Crippen LogP contribution in [0.15, 0.2) is 10.5 Å². The summed E-state index contributed by atoms with van der Waals surface area (Å²) in [4.78, 5) is 57.3. The second-order valence-electron chi connectivity index (χ2n) is 9.95. The molecule has 218 valence electrons. The fourth-order valence-electron chi connectivity index (χ4n) is 3.01. The van der Waals surface area contributed by atoms with E-state index in [4.69, 9.17) is 19.5 Å². The van der Waals surface area contributed by atoms with Crippen molar-refractivity contribution in [3.8, 4) is 0 Å². The zero-order valence-electron chi connectivity index (χ0n) is 22.4. The summed E-state index contributed by atoms with van der Waals surface area (Å²) < 4.78 is 36.1. The normalized spacial score (nSPS) is 18.4. The predicted octanol–water partition coefficient (Wildman–Crippen LogP) is 0.656. The average molecular weight is 592 g/mol. The van der Waals surface area contributed by atoms with Gasteiger partial charge in [0.25, 0.3) is 11.8 Å². The monoisotopic (exact) mass is 591 g/mol. The maximum absolute atomic E-state index is 13.0. The second-order valence-corrected chi connectivity index (χ2v) is 12.3. The van der Waals surface area contributed by atoms with Gasteiger partial charge in [0.15, 0.2) is 10.8 Å². The third-order valence-corrected chi connectivity index (χ3v) is 7.74. The Morgan fingerprint density at radius 1 is 1.28 bits per heavy atom. The molecule has 2 atom stereocenters. The predicted molar refractivity (Wildman–Crippen MR) is 139 cm³/mol. The van der Waals surface area contributed by atoms with Gasteiger partial charge in [-0.05, 0) is 32.6 Å². The van der Waals surface area contributed by atoms with Gasteiger partial charge in [0.1, 0.15) is 11.7 Å². The molecule has 0 aliphatic carbocycles. The van der Waals surface area contributed by atoms with E-state index >= 15 is 0 Å². The minimum absolute atomic E-state index is 0.0322. The number of ether oxygens (including phenoxy) is 1. The molecule has 0 saturated carbocycles. The largest absolute Gasteiger partial charge is 0.478 e. The number of nitrogens with zero attached hydrogens (tertiary/aromatic N) is 3. The van der Waals surface area contributed by atoms with Gasteiger partial charge in [-0.2, -0.15) is 8.42 Å². The third-order valence-electron chi connectivity index (χ3n) is 5.65. The molecule has 0 unspecified atom stereocenters. The van der Waals surface area contributed by atoms with Crippen LogP contribution in [0.1, 0.15) is 60.1 Å². The van der Waals surface area contributed by atoms with Crippen molar-refractivity contribution in [2.45, 2.75) is 72.1 Å². The Kier molecular flexibility index (Phi) is 10.0. The number of nitrogen functional groups attached to an aromatic ring is 1. The van der Waals surface area contributed by atoms with E-state index in [-0.39, 0.29) is 36.4 Å². The molecule has 1 saturated heterocycles. The second kappa shape index (κ2) is 12.3. The molecule has 1 aromatic rings. The number of carboxylic acid groups (broad SMARTS) is 1. The first-order chi connectivity index (χ1) is 17.9. The van der Waals surface area contributed by atoms with E-state index in [1.54, 1.807) is 20.8 Å². The first-order valence-electron chi connectivity index (χ1n) is 11.8. The molecular weight excluding hydrogens is 558 g/mol. The summed E-state index contributed by atoms with van der Waals surface area (Å²) in [5.74, 6) is -3.64. The lowest BCUT2D eigenvalue weighted by molar-refractivity contribution is -0.161. The number of carbonyl (C=O) groups excluding carboxylic acids is 3. The highest BCUT2D eigenvalue weighted by atomic mass is 32.2. The van der Waals surface area contributed by atoms with Crippen molar-refractivity contribution in [2.24, 2.45) is 10.6 Å². The van der Waals surface area contributed by atoms with Gasteiger partial charge in [-0.25, -0.2) is 14.1 Å². The average Bonchev–Trinajstić information content (AvgIpc) is 3.26. The molecule has 1 fully saturated rings. The Labute approximate surface area is 229 Å². The quantitative estimate of drug-likeness (QED) is 0.118. The smallest absolute Gasteiger partial charge is 0.365 e. The Bertz CT molecular complexity index is 1240. The number of carboxylic acids is 1. The molecule has 2 heterocycles. The molecule has 1 aliphatic heterocycles. The number of anilines is 1. The number of amides is 2. The summed E-state index contributed by atoms with van der Waals surface area (Å²) in [6, 6.07) is -2.27. The lowest BCUT2D eigenvalue weighted by Crippen LogP contribution is -2.71. The van der Waals surface area contributed by atoms with Crippen LogP contribution >= 0.6 is 11.3 Å². The van der Waals surface area contributed by atoms with E-state index in [2.05, 4.69) is 15.5 Å². The number of aliphatic carboxylic acids is 1. The highest BCUT2D eigenvalue weighted by Crippen LogP contribution is 2.28. The summed E-state index contributed by atoms with van der Waals surface area (Å²) in [5, 5.41) is 16.7. The van der Waals surface area contributed by atoms with Crippen LogP contribution in [0.2, 0.25) is 0 Å². The van der Waals surface area contributed by atoms with Crippen LogP contribution in [0.3, 0.4) is 0 Å². The number of hydrogen-bond acceptors (Lipinski definition) is 13. The fourth-order valence-corrected chi connectivity index (χ4v) is 5.00. The zero-order valence-corrected chi connectivity index (χ0v) is 24.1. The summed E-state index contributed by atoms with van der Waals surface area (Å²) >= 11 is 0.986. The lowest BCUT2D eigenvalue weighted by Gasteiger charge is -2.43. The Hall–Kier alpha value is -3.31. The van der Waals surface area contributed by atoms with Crippen molar-refractivity contribution in [1.82, 2.24) is 14.6 Å². The van der Waals surface area contributed by atoms with Crippen molar-refractivity contribution < 1.29 is 46.5 Å². The van der Waals surface area contributed by atoms with Crippen molar-refractivity contribution >= 4 is 56.2 Å². The summed E-state index contributed by atoms with van der Waals surface area (Å²) in [5.41, 5.74) is 2.64. The number of oxime groups is 1. The van der Waals surface area contributed by atoms with Crippen molar-refractivity contribution in [2.75, 3.05) is 18.9 Å². The van der Waals surface area contributed by atoms with Crippen LogP contribution in [0.4, 0.5) is 5.13 Å².